The standard InChI is InChI=1S/C15H28N4O2/c16-15(21)17-9-14(20)18-13-7-4-8-19(11-13)10-12-5-2-1-3-6-12/h12-13H,1-11H2,(H,18,20)(H3,16,17,21). The molecule has 0 aromatic carbocycles. The summed E-state index contributed by atoms with van der Waals surface area (Å²) >= 11 is 0. The van der Waals surface area contributed by atoms with Crippen molar-refractivity contribution in [3.8, 4) is 0 Å². The van der Waals surface area contributed by atoms with Gasteiger partial charge in [-0.1, -0.05) is 19.3 Å². The molecule has 1 unspecified atom stereocenters. The molecule has 6 nitrogen and oxygen atoms in total. The molecule has 2 aliphatic rings. The third kappa shape index (κ3) is 5.91. The summed E-state index contributed by atoms with van der Waals surface area (Å²) in [5.74, 6) is 0.683. The summed E-state index contributed by atoms with van der Waals surface area (Å²) in [5.41, 5.74) is 4.96. The largest absolute Gasteiger partial charge is 0.352 e. The molecule has 1 heterocycles. The van der Waals surface area contributed by atoms with Crippen LogP contribution in [0.1, 0.15) is 44.9 Å². The summed E-state index contributed by atoms with van der Waals surface area (Å²) < 4.78 is 0. The van der Waals surface area contributed by atoms with E-state index in [1.807, 2.05) is 0 Å². The molecule has 0 aromatic heterocycles. The van der Waals surface area contributed by atoms with Crippen LogP contribution in [0.25, 0.3) is 0 Å². The van der Waals surface area contributed by atoms with E-state index in [-0.39, 0.29) is 18.5 Å². The van der Waals surface area contributed by atoms with E-state index < -0.39 is 6.03 Å². The third-order valence-corrected chi connectivity index (χ3v) is 4.53. The van der Waals surface area contributed by atoms with Gasteiger partial charge in [0, 0.05) is 19.1 Å². The first-order chi connectivity index (χ1) is 10.1. The number of primary amides is 1. The van der Waals surface area contributed by atoms with Crippen molar-refractivity contribution < 1.29 is 9.59 Å². The maximum absolute atomic E-state index is 11.7. The fourth-order valence-electron chi connectivity index (χ4n) is 3.52. The average molecular weight is 296 g/mol. The predicted molar refractivity (Wildman–Crippen MR) is 81.8 cm³/mol. The number of nitrogens with zero attached hydrogens (tertiary/aromatic N) is 1. The number of carbonyl (C=O) groups is 2. The number of nitrogens with one attached hydrogen (secondary N) is 2. The first-order valence-corrected chi connectivity index (χ1v) is 8.18. The smallest absolute Gasteiger partial charge is 0.312 e. The molecule has 1 saturated carbocycles. The molecule has 1 aliphatic heterocycles. The number of amides is 3. The van der Waals surface area contributed by atoms with E-state index in [1.54, 1.807) is 0 Å². The molecule has 2 fully saturated rings. The van der Waals surface area contributed by atoms with Crippen LogP contribution >= 0.6 is 0 Å². The average Bonchev–Trinajstić information content (AvgIpc) is 2.46. The van der Waals surface area contributed by atoms with E-state index in [9.17, 15) is 9.59 Å². The normalized spacial score (nSPS) is 24.5. The molecule has 6 heteroatoms. The number of likely N-dealkylation sites (tertiary alicyclic amines) is 1. The second-order valence-corrected chi connectivity index (χ2v) is 6.39. The lowest BCUT2D eigenvalue weighted by molar-refractivity contribution is -0.121. The van der Waals surface area contributed by atoms with E-state index in [0.717, 1.165) is 31.8 Å². The Balaban J connectivity index is 1.69. The topological polar surface area (TPSA) is 87.5 Å². The second kappa shape index (κ2) is 8.22. The van der Waals surface area contributed by atoms with Crippen LogP contribution in [0.15, 0.2) is 0 Å². The highest BCUT2D eigenvalue weighted by Crippen LogP contribution is 2.25. The van der Waals surface area contributed by atoms with E-state index in [1.165, 1.54) is 38.6 Å². The molecule has 0 aromatic rings. The first-order valence-electron chi connectivity index (χ1n) is 8.18. The van der Waals surface area contributed by atoms with Gasteiger partial charge in [0.05, 0.1) is 6.54 Å². The fraction of sp³-hybridized carbons (Fsp3) is 0.867. The Hall–Kier alpha value is -1.30. The van der Waals surface area contributed by atoms with Gasteiger partial charge >= 0.3 is 6.03 Å². The van der Waals surface area contributed by atoms with Crippen molar-refractivity contribution in [1.82, 2.24) is 15.5 Å². The van der Waals surface area contributed by atoms with Gasteiger partial charge in [0.1, 0.15) is 0 Å². The number of piperidine rings is 1. The third-order valence-electron chi connectivity index (χ3n) is 4.53. The fourth-order valence-corrected chi connectivity index (χ4v) is 3.52. The molecule has 2 rings (SSSR count). The molecule has 3 amide bonds. The zero-order valence-electron chi connectivity index (χ0n) is 12.8. The van der Waals surface area contributed by atoms with Crippen molar-refractivity contribution in [3.05, 3.63) is 0 Å². The second-order valence-electron chi connectivity index (χ2n) is 6.39. The molecule has 120 valence electrons. The van der Waals surface area contributed by atoms with Crippen LogP contribution in [0.5, 0.6) is 0 Å². The van der Waals surface area contributed by atoms with Crippen LogP contribution in [-0.4, -0.2) is 49.1 Å². The van der Waals surface area contributed by atoms with E-state index in [2.05, 4.69) is 15.5 Å². The van der Waals surface area contributed by atoms with Crippen LogP contribution in [0.2, 0.25) is 0 Å². The van der Waals surface area contributed by atoms with Gasteiger partial charge in [-0.25, -0.2) is 4.79 Å². The summed E-state index contributed by atoms with van der Waals surface area (Å²) in [4.78, 5) is 24.8. The van der Waals surface area contributed by atoms with Gasteiger partial charge in [-0.2, -0.15) is 0 Å². The Kier molecular flexibility index (Phi) is 6.29. The van der Waals surface area contributed by atoms with Gasteiger partial charge in [-0.15, -0.1) is 0 Å². The lowest BCUT2D eigenvalue weighted by atomic mass is 9.88. The maximum atomic E-state index is 11.7. The lowest BCUT2D eigenvalue weighted by Gasteiger charge is -2.36. The van der Waals surface area contributed by atoms with Gasteiger partial charge in [-0.3, -0.25) is 4.79 Å². The molecule has 0 bridgehead atoms. The van der Waals surface area contributed by atoms with Gasteiger partial charge in [0.15, 0.2) is 0 Å². The van der Waals surface area contributed by atoms with E-state index in [4.69, 9.17) is 5.73 Å². The zero-order chi connectivity index (χ0) is 15.1. The summed E-state index contributed by atoms with van der Waals surface area (Å²) in [6, 6.07) is -0.461. The number of hydrogen-bond donors (Lipinski definition) is 3. The molecule has 0 radical (unpaired) electrons. The highest BCUT2D eigenvalue weighted by atomic mass is 16.2. The molecular weight excluding hydrogens is 268 g/mol. The van der Waals surface area contributed by atoms with Gasteiger partial charge < -0.3 is 21.3 Å². The van der Waals surface area contributed by atoms with E-state index >= 15 is 0 Å². The van der Waals surface area contributed by atoms with Crippen LogP contribution in [0, 0.1) is 5.92 Å². The lowest BCUT2D eigenvalue weighted by Crippen LogP contribution is -2.51. The minimum Gasteiger partial charge on any atom is -0.352 e. The molecule has 1 aliphatic carbocycles. The number of nitrogens with two attached hydrogens (primary N) is 1. The first kappa shape index (κ1) is 16.1. The SMILES string of the molecule is NC(=O)NCC(=O)NC1CCCN(CC2CCCCC2)C1. The molecule has 1 atom stereocenters. The predicted octanol–water partition coefficient (Wildman–Crippen LogP) is 0.816. The minimum atomic E-state index is -0.660. The Morgan fingerprint density at radius 2 is 1.86 bits per heavy atom. The van der Waals surface area contributed by atoms with Gasteiger partial charge in [0.2, 0.25) is 5.91 Å². The van der Waals surface area contributed by atoms with Crippen molar-refractivity contribution in [2.45, 2.75) is 51.0 Å². The van der Waals surface area contributed by atoms with Crippen LogP contribution < -0.4 is 16.4 Å². The van der Waals surface area contributed by atoms with Gasteiger partial charge in [0.25, 0.3) is 0 Å². The summed E-state index contributed by atoms with van der Waals surface area (Å²) in [7, 11) is 0. The number of carbonyl (C=O) groups excluding carboxylic acids is 2. The summed E-state index contributed by atoms with van der Waals surface area (Å²) in [6.45, 7) is 3.21. The van der Waals surface area contributed by atoms with Crippen molar-refractivity contribution in [2.24, 2.45) is 11.7 Å². The molecular formula is C15H28N4O2. The van der Waals surface area contributed by atoms with Crippen LogP contribution in [0.4, 0.5) is 4.79 Å². The van der Waals surface area contributed by atoms with Gasteiger partial charge in [-0.05, 0) is 38.1 Å². The Morgan fingerprint density at radius 3 is 2.57 bits per heavy atom. The molecule has 1 saturated heterocycles. The monoisotopic (exact) mass is 296 g/mol. The number of rotatable bonds is 5. The Morgan fingerprint density at radius 1 is 1.10 bits per heavy atom. The minimum absolute atomic E-state index is 0.0333. The van der Waals surface area contributed by atoms with Crippen molar-refractivity contribution in [1.29, 1.82) is 0 Å². The van der Waals surface area contributed by atoms with Crippen LogP contribution in [-0.2, 0) is 4.79 Å². The van der Waals surface area contributed by atoms with E-state index in [0.29, 0.717) is 0 Å². The highest BCUT2D eigenvalue weighted by Gasteiger charge is 2.24. The van der Waals surface area contributed by atoms with Crippen molar-refractivity contribution >= 4 is 11.9 Å². The number of hydrogen-bond acceptors (Lipinski definition) is 3. The number of urea groups is 1. The molecule has 21 heavy (non-hydrogen) atoms. The van der Waals surface area contributed by atoms with Crippen molar-refractivity contribution in [2.75, 3.05) is 26.2 Å². The van der Waals surface area contributed by atoms with Crippen molar-refractivity contribution in [3.63, 3.8) is 0 Å². The van der Waals surface area contributed by atoms with Crippen LogP contribution in [0.3, 0.4) is 0 Å². The zero-order valence-corrected chi connectivity index (χ0v) is 12.8. The quantitative estimate of drug-likeness (QED) is 0.702. The molecule has 4 N–H and O–H groups in total. The molecule has 0 spiro atoms. The Bertz CT molecular complexity index is 356. The summed E-state index contributed by atoms with van der Waals surface area (Å²) in [6.07, 6.45) is 8.99. The Labute approximate surface area is 126 Å². The summed E-state index contributed by atoms with van der Waals surface area (Å²) in [5, 5.41) is 5.32. The maximum Gasteiger partial charge on any atom is 0.312 e. The highest BCUT2D eigenvalue weighted by molar-refractivity contribution is 5.83.